The molecule has 10 nitrogen and oxygen atoms in total. The number of rotatable bonds is 7. The van der Waals surface area contributed by atoms with Gasteiger partial charge in [-0.3, -0.25) is 19.4 Å². The summed E-state index contributed by atoms with van der Waals surface area (Å²) in [7, 11) is 1.59. The lowest BCUT2D eigenvalue weighted by Crippen LogP contribution is -2.52. The van der Waals surface area contributed by atoms with Gasteiger partial charge >= 0.3 is 0 Å². The van der Waals surface area contributed by atoms with Gasteiger partial charge < -0.3 is 24.5 Å². The number of hydrogen-bond acceptors (Lipinski definition) is 8. The van der Waals surface area contributed by atoms with E-state index in [1.54, 1.807) is 31.5 Å². The molecule has 2 aliphatic carbocycles. The van der Waals surface area contributed by atoms with Crippen molar-refractivity contribution in [3.05, 3.63) is 82.0 Å². The van der Waals surface area contributed by atoms with Gasteiger partial charge in [0.1, 0.15) is 28.6 Å². The van der Waals surface area contributed by atoms with Crippen LogP contribution in [0.15, 0.2) is 59.7 Å². The fourth-order valence-electron chi connectivity index (χ4n) is 5.54. The zero-order chi connectivity index (χ0) is 27.9. The molecule has 1 saturated carbocycles. The third-order valence-electron chi connectivity index (χ3n) is 7.83. The van der Waals surface area contributed by atoms with Crippen molar-refractivity contribution < 1.29 is 24.2 Å². The summed E-state index contributed by atoms with van der Waals surface area (Å²) in [5.41, 5.74) is 0.306. The summed E-state index contributed by atoms with van der Waals surface area (Å²) in [5, 5.41) is 13.7. The average Bonchev–Trinajstić information content (AvgIpc) is 2.94. The van der Waals surface area contributed by atoms with Gasteiger partial charge in [0.25, 0.3) is 11.5 Å². The number of ketones is 1. The predicted octanol–water partition coefficient (Wildman–Crippen LogP) is 4.24. The van der Waals surface area contributed by atoms with Crippen LogP contribution in [0.25, 0.3) is 10.9 Å². The molecule has 204 valence electrons. The number of pyridine rings is 3. The minimum atomic E-state index is -0.769. The van der Waals surface area contributed by atoms with Gasteiger partial charge in [0.05, 0.1) is 31.0 Å². The second-order valence-corrected chi connectivity index (χ2v) is 10.2. The molecule has 0 aliphatic heterocycles. The number of methoxy groups -OCH3 is 1. The summed E-state index contributed by atoms with van der Waals surface area (Å²) in [5.74, 6) is 1.17. The highest BCUT2D eigenvalue weighted by Gasteiger charge is 2.42. The molecule has 40 heavy (non-hydrogen) atoms. The highest BCUT2D eigenvalue weighted by atomic mass is 16.5. The lowest BCUT2D eigenvalue weighted by atomic mass is 9.75. The molecular formula is C30H28N4O6. The minimum Gasteiger partial charge on any atom is -0.497 e. The van der Waals surface area contributed by atoms with Crippen LogP contribution in [-0.4, -0.2) is 45.0 Å². The highest BCUT2D eigenvalue weighted by Crippen LogP contribution is 2.40. The molecule has 3 heterocycles. The van der Waals surface area contributed by atoms with Crippen molar-refractivity contribution in [2.45, 2.75) is 44.1 Å². The monoisotopic (exact) mass is 540 g/mol. The van der Waals surface area contributed by atoms with Gasteiger partial charge in [0, 0.05) is 35.3 Å². The fourth-order valence-corrected chi connectivity index (χ4v) is 5.54. The molecule has 2 aliphatic rings. The number of hydrogen-bond donors (Lipinski definition) is 2. The van der Waals surface area contributed by atoms with Gasteiger partial charge in [-0.1, -0.05) is 0 Å². The van der Waals surface area contributed by atoms with Crippen molar-refractivity contribution in [1.29, 1.82) is 0 Å². The molecule has 0 radical (unpaired) electrons. The second-order valence-electron chi connectivity index (χ2n) is 10.2. The van der Waals surface area contributed by atoms with E-state index in [9.17, 15) is 19.5 Å². The number of aliphatic hydroxyl groups is 1. The van der Waals surface area contributed by atoms with Crippen LogP contribution in [0.5, 0.6) is 17.2 Å². The second kappa shape index (κ2) is 10.2. The van der Waals surface area contributed by atoms with E-state index in [0.29, 0.717) is 66.1 Å². The number of carbonyl (C=O) groups excluding carboxylic acids is 2. The number of fused-ring (bicyclic) bond motifs is 2. The fraction of sp³-hybridized carbons (Fsp3) is 0.300. The maximum absolute atomic E-state index is 13.6. The number of nitrogens with one attached hydrogen (secondary N) is 1. The summed E-state index contributed by atoms with van der Waals surface area (Å²) in [4.78, 5) is 48.3. The lowest BCUT2D eigenvalue weighted by Gasteiger charge is -2.44. The quantitative estimate of drug-likeness (QED) is 0.356. The Balaban J connectivity index is 1.26. The van der Waals surface area contributed by atoms with E-state index < -0.39 is 17.0 Å². The Hall–Kier alpha value is -4.57. The van der Waals surface area contributed by atoms with Crippen LogP contribution in [0.3, 0.4) is 0 Å². The average molecular weight is 541 g/mol. The van der Waals surface area contributed by atoms with Crippen molar-refractivity contribution in [3.63, 3.8) is 0 Å². The first-order valence-corrected chi connectivity index (χ1v) is 13.2. The Labute approximate surface area is 229 Å². The molecule has 1 fully saturated rings. The number of carbonyl (C=O) groups is 2. The molecule has 2 N–H and O–H groups in total. The zero-order valence-corrected chi connectivity index (χ0v) is 22.0. The van der Waals surface area contributed by atoms with Crippen LogP contribution in [-0.2, 0) is 12.0 Å². The van der Waals surface area contributed by atoms with Crippen LogP contribution in [0.2, 0.25) is 0 Å². The molecule has 1 aromatic carbocycles. The normalized spacial score (nSPS) is 15.7. The third kappa shape index (κ3) is 4.40. The topological polar surface area (TPSA) is 133 Å². The summed E-state index contributed by atoms with van der Waals surface area (Å²) in [6.07, 6.45) is 6.78. The van der Waals surface area contributed by atoms with E-state index in [4.69, 9.17) is 9.47 Å². The standard InChI is InChI=1S/C30H28N4O6/c1-39-18-6-8-20-23(14-18)31-13-10-26(20)40-19-7-9-27(32-16-19)33-28(37)22-15-21-24(4-2-5-25(21)36)34(29(22)38)30(17-35)11-3-12-30/h6-10,13-16,35H,2-5,11-12,17H2,1H3,(H,32,33,37). The van der Waals surface area contributed by atoms with Crippen molar-refractivity contribution in [2.24, 2.45) is 0 Å². The molecule has 6 rings (SSSR count). The Morgan fingerprint density at radius 2 is 1.88 bits per heavy atom. The summed E-state index contributed by atoms with van der Waals surface area (Å²) in [6.45, 7) is -0.220. The maximum Gasteiger partial charge on any atom is 0.264 e. The van der Waals surface area contributed by atoms with E-state index in [-0.39, 0.29) is 23.8 Å². The summed E-state index contributed by atoms with van der Waals surface area (Å²) in [6, 6.07) is 11.9. The van der Waals surface area contributed by atoms with Crippen LogP contribution in [0.1, 0.15) is 58.5 Å². The molecule has 0 unspecified atom stereocenters. The molecule has 0 saturated heterocycles. The van der Waals surface area contributed by atoms with Crippen LogP contribution in [0.4, 0.5) is 5.82 Å². The SMILES string of the molecule is COc1ccc2c(Oc3ccc(NC(=O)c4cc5c(n(C6(CO)CCC6)c4=O)CCCC5=O)nc3)ccnc2c1. The van der Waals surface area contributed by atoms with Crippen molar-refractivity contribution in [3.8, 4) is 17.2 Å². The van der Waals surface area contributed by atoms with E-state index in [0.717, 1.165) is 11.8 Å². The molecule has 4 aromatic rings. The van der Waals surface area contributed by atoms with Crippen LogP contribution >= 0.6 is 0 Å². The Morgan fingerprint density at radius 3 is 2.58 bits per heavy atom. The van der Waals surface area contributed by atoms with Crippen molar-refractivity contribution >= 4 is 28.4 Å². The number of ether oxygens (including phenoxy) is 2. The first kappa shape index (κ1) is 25.7. The summed E-state index contributed by atoms with van der Waals surface area (Å²) < 4.78 is 12.8. The van der Waals surface area contributed by atoms with Gasteiger partial charge in [-0.05, 0) is 68.5 Å². The van der Waals surface area contributed by atoms with Crippen molar-refractivity contribution in [1.82, 2.24) is 14.5 Å². The molecule has 0 atom stereocenters. The van der Waals surface area contributed by atoms with E-state index in [1.165, 1.54) is 16.8 Å². The van der Waals surface area contributed by atoms with E-state index >= 15 is 0 Å². The Bertz CT molecular complexity index is 1690. The van der Waals surface area contributed by atoms with Gasteiger partial charge in [0.2, 0.25) is 0 Å². The molecule has 1 amide bonds. The first-order chi connectivity index (χ1) is 19.4. The molecule has 0 bridgehead atoms. The largest absolute Gasteiger partial charge is 0.497 e. The first-order valence-electron chi connectivity index (χ1n) is 13.2. The van der Waals surface area contributed by atoms with Crippen LogP contribution < -0.4 is 20.3 Å². The number of nitrogens with zero attached hydrogens (tertiary/aromatic N) is 3. The predicted molar refractivity (Wildman–Crippen MR) is 147 cm³/mol. The number of amides is 1. The molecule has 10 heteroatoms. The molecule has 0 spiro atoms. The molecule has 3 aromatic heterocycles. The maximum atomic E-state index is 13.6. The van der Waals surface area contributed by atoms with Gasteiger partial charge in [-0.25, -0.2) is 4.98 Å². The van der Waals surface area contributed by atoms with Crippen LogP contribution in [0, 0.1) is 0 Å². The Kier molecular flexibility index (Phi) is 6.55. The van der Waals surface area contributed by atoms with Crippen molar-refractivity contribution in [2.75, 3.05) is 19.0 Å². The third-order valence-corrected chi connectivity index (χ3v) is 7.83. The summed E-state index contributed by atoms with van der Waals surface area (Å²) >= 11 is 0. The number of benzene rings is 1. The van der Waals surface area contributed by atoms with E-state index in [1.807, 2.05) is 18.2 Å². The smallest absolute Gasteiger partial charge is 0.264 e. The Morgan fingerprint density at radius 1 is 1.05 bits per heavy atom. The molecular weight excluding hydrogens is 512 g/mol. The number of aliphatic hydroxyl groups excluding tert-OH is 1. The zero-order valence-electron chi connectivity index (χ0n) is 22.0. The van der Waals surface area contributed by atoms with Gasteiger partial charge in [0.15, 0.2) is 5.78 Å². The number of Topliss-reactive ketones (excluding diaryl/α,β-unsaturated/α-hetero) is 1. The lowest BCUT2D eigenvalue weighted by molar-refractivity contribution is 0.0481. The van der Waals surface area contributed by atoms with E-state index in [2.05, 4.69) is 15.3 Å². The minimum absolute atomic E-state index is 0.0989. The van der Waals surface area contributed by atoms with Gasteiger partial charge in [-0.2, -0.15) is 0 Å². The number of anilines is 1. The van der Waals surface area contributed by atoms with Gasteiger partial charge in [-0.15, -0.1) is 0 Å². The highest BCUT2D eigenvalue weighted by molar-refractivity contribution is 6.06. The number of aromatic nitrogens is 3.